The van der Waals surface area contributed by atoms with Crippen molar-refractivity contribution in [3.05, 3.63) is 52.9 Å². The van der Waals surface area contributed by atoms with Gasteiger partial charge in [0.1, 0.15) is 23.3 Å². The summed E-state index contributed by atoms with van der Waals surface area (Å²) in [5, 5.41) is 6.86. The Morgan fingerprint density at radius 3 is 2.77 bits per heavy atom. The molecule has 2 aromatic rings. The lowest BCUT2D eigenvalue weighted by atomic mass is 10.1. The first-order chi connectivity index (χ1) is 18.5. The lowest BCUT2D eigenvalue weighted by Gasteiger charge is -2.19. The van der Waals surface area contributed by atoms with E-state index in [1.54, 1.807) is 6.92 Å². The lowest BCUT2D eigenvalue weighted by molar-refractivity contribution is -0.200. The summed E-state index contributed by atoms with van der Waals surface area (Å²) >= 11 is 0. The Labute approximate surface area is 221 Å². The first kappa shape index (κ1) is 28.2. The van der Waals surface area contributed by atoms with Gasteiger partial charge in [0, 0.05) is 32.0 Å². The predicted molar refractivity (Wildman–Crippen MR) is 128 cm³/mol. The Hall–Kier alpha value is -3.81. The molecule has 3 heterocycles. The number of amides is 1. The maximum absolute atomic E-state index is 13.6. The number of aryl methyl sites for hydroxylation is 1. The molecule has 39 heavy (non-hydrogen) atoms. The maximum Gasteiger partial charge on any atom is 0.490 e. The van der Waals surface area contributed by atoms with Gasteiger partial charge in [0.2, 0.25) is 0 Å². The third-order valence-electron chi connectivity index (χ3n) is 6.28. The highest BCUT2D eigenvalue weighted by molar-refractivity contribution is 6.01. The van der Waals surface area contributed by atoms with Gasteiger partial charge >= 0.3 is 12.1 Å². The normalized spacial score (nSPS) is 19.4. The number of methoxy groups -OCH3 is 1. The summed E-state index contributed by atoms with van der Waals surface area (Å²) in [6, 6.07) is 5.80. The molecule has 0 radical (unpaired) electrons. The topological polar surface area (TPSA) is 115 Å². The van der Waals surface area contributed by atoms with Crippen LogP contribution in [-0.4, -0.2) is 78.1 Å². The Morgan fingerprint density at radius 2 is 2.03 bits per heavy atom. The number of esters is 1. The van der Waals surface area contributed by atoms with E-state index in [0.29, 0.717) is 55.3 Å². The van der Waals surface area contributed by atoms with Crippen molar-refractivity contribution in [1.82, 2.24) is 20.2 Å². The van der Waals surface area contributed by atoms with Crippen LogP contribution in [0.2, 0.25) is 0 Å². The van der Waals surface area contributed by atoms with Crippen LogP contribution in [0.3, 0.4) is 0 Å². The fourth-order valence-electron chi connectivity index (χ4n) is 4.37. The van der Waals surface area contributed by atoms with E-state index in [2.05, 4.69) is 25.2 Å². The van der Waals surface area contributed by atoms with Crippen molar-refractivity contribution in [2.24, 2.45) is 11.1 Å². The highest BCUT2D eigenvalue weighted by atomic mass is 19.4. The number of hydrogen-bond acceptors (Lipinski definition) is 9. The second-order valence-corrected chi connectivity index (χ2v) is 9.32. The van der Waals surface area contributed by atoms with Crippen LogP contribution >= 0.6 is 0 Å². The summed E-state index contributed by atoms with van der Waals surface area (Å²) in [7, 11) is 1.36. The lowest BCUT2D eigenvalue weighted by Crippen LogP contribution is -2.32. The minimum absolute atomic E-state index is 0.0741. The van der Waals surface area contributed by atoms with Crippen LogP contribution in [0.5, 0.6) is 5.75 Å². The van der Waals surface area contributed by atoms with E-state index in [1.807, 2.05) is 4.90 Å². The molecule has 2 atom stereocenters. The monoisotopic (exact) mass is 553 g/mol. The Kier molecular flexibility index (Phi) is 8.63. The summed E-state index contributed by atoms with van der Waals surface area (Å²) in [5.41, 5.74) is 1.76. The number of nitrogens with zero attached hydrogens (tertiary/aromatic N) is 4. The zero-order valence-corrected chi connectivity index (χ0v) is 21.3. The van der Waals surface area contributed by atoms with E-state index < -0.39 is 23.9 Å². The largest absolute Gasteiger partial charge is 0.494 e. The number of ether oxygens (including phenoxy) is 2. The van der Waals surface area contributed by atoms with Gasteiger partial charge in [-0.15, -0.1) is 0 Å². The number of benzene rings is 1. The highest BCUT2D eigenvalue weighted by Crippen LogP contribution is 2.23. The molecule has 1 aromatic carbocycles. The number of carbonyl (C=O) groups is 2. The molecule has 0 spiro atoms. The summed E-state index contributed by atoms with van der Waals surface area (Å²) in [4.78, 5) is 39.8. The van der Waals surface area contributed by atoms with Gasteiger partial charge in [0.25, 0.3) is 5.91 Å². The first-order valence-corrected chi connectivity index (χ1v) is 12.2. The average molecular weight is 554 g/mol. The van der Waals surface area contributed by atoms with Crippen molar-refractivity contribution in [3.8, 4) is 5.75 Å². The van der Waals surface area contributed by atoms with Gasteiger partial charge in [-0.3, -0.25) is 9.69 Å². The molecule has 0 saturated carbocycles. The number of carbonyl (C=O) groups excluding carboxylic acids is 2. The summed E-state index contributed by atoms with van der Waals surface area (Å²) in [6.07, 6.45) is -4.30. The number of hydrogen-bond donors (Lipinski definition) is 1. The van der Waals surface area contributed by atoms with Gasteiger partial charge in [-0.05, 0) is 43.7 Å². The quantitative estimate of drug-likeness (QED) is 0.373. The number of rotatable bonds is 9. The third kappa shape index (κ3) is 7.40. The molecular formula is C25H27F4N5O5. The van der Waals surface area contributed by atoms with Gasteiger partial charge < -0.3 is 19.6 Å². The number of oxime groups is 1. The van der Waals surface area contributed by atoms with E-state index in [0.717, 1.165) is 0 Å². The highest BCUT2D eigenvalue weighted by Gasteiger charge is 2.41. The first-order valence-electron chi connectivity index (χ1n) is 12.2. The molecule has 1 amide bonds. The number of halogens is 4. The standard InChI is InChI=1S/C25H27F4N5O5/c1-14-31-19(9-21(32-14)23(35)30-10-15-3-4-18(26)22(7-15)37-2)20-8-17(39-33-20)12-34-6-5-16(11-34)13-38-24(36)25(27,28)29/h3-4,7,9,16-17H,5-6,8,10-13H2,1-2H3,(H,30,35). The molecule has 14 heteroatoms. The van der Waals surface area contributed by atoms with Crippen LogP contribution < -0.4 is 10.1 Å². The van der Waals surface area contributed by atoms with Crippen molar-refractivity contribution in [3.63, 3.8) is 0 Å². The Bertz CT molecular complexity index is 1260. The molecule has 2 aliphatic heterocycles. The molecule has 0 bridgehead atoms. The van der Waals surface area contributed by atoms with Crippen molar-refractivity contribution >= 4 is 17.6 Å². The zero-order valence-electron chi connectivity index (χ0n) is 21.3. The molecule has 10 nitrogen and oxygen atoms in total. The molecule has 1 N–H and O–H groups in total. The second-order valence-electron chi connectivity index (χ2n) is 9.32. The van der Waals surface area contributed by atoms with Gasteiger partial charge in [-0.1, -0.05) is 11.2 Å². The van der Waals surface area contributed by atoms with Crippen molar-refractivity contribution in [1.29, 1.82) is 0 Å². The molecule has 1 aromatic heterocycles. The van der Waals surface area contributed by atoms with Crippen molar-refractivity contribution in [2.45, 2.75) is 38.6 Å². The number of likely N-dealkylation sites (tertiary alicyclic amines) is 1. The third-order valence-corrected chi connectivity index (χ3v) is 6.28. The Balaban J connectivity index is 1.28. The van der Waals surface area contributed by atoms with Gasteiger partial charge in [0.05, 0.1) is 19.4 Å². The summed E-state index contributed by atoms with van der Waals surface area (Å²) < 4.78 is 59.9. The smallest absolute Gasteiger partial charge is 0.490 e. The molecule has 1 fully saturated rings. The van der Waals surface area contributed by atoms with Crippen LogP contribution in [0.4, 0.5) is 17.6 Å². The Morgan fingerprint density at radius 1 is 1.23 bits per heavy atom. The van der Waals surface area contributed by atoms with Crippen LogP contribution in [0.15, 0.2) is 29.4 Å². The molecule has 1 saturated heterocycles. The van der Waals surface area contributed by atoms with Crippen LogP contribution in [0, 0.1) is 18.7 Å². The fraction of sp³-hybridized carbons (Fsp3) is 0.480. The number of nitrogens with one attached hydrogen (secondary N) is 1. The van der Waals surface area contributed by atoms with E-state index in [1.165, 1.54) is 31.4 Å². The average Bonchev–Trinajstić information content (AvgIpc) is 3.55. The van der Waals surface area contributed by atoms with E-state index >= 15 is 0 Å². The fourth-order valence-corrected chi connectivity index (χ4v) is 4.37. The minimum atomic E-state index is -5.00. The zero-order chi connectivity index (χ0) is 28.2. The number of aromatic nitrogens is 2. The molecule has 2 unspecified atom stereocenters. The van der Waals surface area contributed by atoms with E-state index in [-0.39, 0.29) is 36.6 Å². The van der Waals surface area contributed by atoms with Gasteiger partial charge in [-0.2, -0.15) is 13.2 Å². The number of alkyl halides is 3. The van der Waals surface area contributed by atoms with Crippen LogP contribution in [0.1, 0.15) is 40.4 Å². The second kappa shape index (κ2) is 11.9. The van der Waals surface area contributed by atoms with E-state index in [4.69, 9.17) is 9.57 Å². The molecule has 2 aliphatic rings. The van der Waals surface area contributed by atoms with Gasteiger partial charge in [0.15, 0.2) is 11.6 Å². The minimum Gasteiger partial charge on any atom is -0.494 e. The molecule has 4 rings (SSSR count). The van der Waals surface area contributed by atoms with Crippen molar-refractivity contribution < 1.29 is 41.5 Å². The van der Waals surface area contributed by atoms with Crippen LogP contribution in [0.25, 0.3) is 0 Å². The summed E-state index contributed by atoms with van der Waals surface area (Å²) in [5.74, 6) is -2.89. The summed E-state index contributed by atoms with van der Waals surface area (Å²) in [6.45, 7) is 3.07. The molecule has 0 aliphatic carbocycles. The SMILES string of the molecule is COc1cc(CNC(=O)c2cc(C3=NOC(CN4CCC(COC(=O)C(F)(F)F)C4)C3)nc(C)n2)ccc1F. The predicted octanol–water partition coefficient (Wildman–Crippen LogP) is 2.78. The molecule has 210 valence electrons. The molecular weight excluding hydrogens is 526 g/mol. The van der Waals surface area contributed by atoms with E-state index in [9.17, 15) is 27.2 Å². The van der Waals surface area contributed by atoms with Crippen LogP contribution in [-0.2, 0) is 20.9 Å². The van der Waals surface area contributed by atoms with Crippen molar-refractivity contribution in [2.75, 3.05) is 33.4 Å². The maximum atomic E-state index is 13.6. The van der Waals surface area contributed by atoms with Gasteiger partial charge in [-0.25, -0.2) is 19.2 Å².